The minimum absolute atomic E-state index is 0.186. The average Bonchev–Trinajstić information content (AvgIpc) is 2.91. The number of carbonyl (C=O) groups is 2. The van der Waals surface area contributed by atoms with E-state index < -0.39 is 0 Å². The SMILES string of the molecule is CC(=O)OC1C=CC(OC(C)=O)C2C3C=CC(C3)C12. The summed E-state index contributed by atoms with van der Waals surface area (Å²) >= 11 is 0. The number of esters is 2. The zero-order valence-corrected chi connectivity index (χ0v) is 11.1. The molecule has 0 saturated heterocycles. The van der Waals surface area contributed by atoms with Crippen LogP contribution in [0.15, 0.2) is 24.3 Å². The van der Waals surface area contributed by atoms with Crippen molar-refractivity contribution in [2.45, 2.75) is 32.5 Å². The molecular weight excluding hydrogens is 244 g/mol. The first-order chi connectivity index (χ1) is 9.06. The van der Waals surface area contributed by atoms with Crippen LogP contribution in [0.1, 0.15) is 20.3 Å². The van der Waals surface area contributed by atoms with Gasteiger partial charge in [-0.05, 0) is 30.4 Å². The third kappa shape index (κ3) is 2.09. The van der Waals surface area contributed by atoms with Crippen LogP contribution in [-0.4, -0.2) is 24.1 Å². The van der Waals surface area contributed by atoms with E-state index >= 15 is 0 Å². The van der Waals surface area contributed by atoms with E-state index in [1.807, 2.05) is 12.2 Å². The molecule has 0 spiro atoms. The van der Waals surface area contributed by atoms with Gasteiger partial charge in [-0.2, -0.15) is 0 Å². The maximum absolute atomic E-state index is 11.2. The molecule has 0 amide bonds. The summed E-state index contributed by atoms with van der Waals surface area (Å²) < 4.78 is 10.8. The third-order valence-corrected chi connectivity index (χ3v) is 4.44. The van der Waals surface area contributed by atoms with Crippen LogP contribution in [0.2, 0.25) is 0 Å². The number of hydrogen-bond acceptors (Lipinski definition) is 4. The van der Waals surface area contributed by atoms with Crippen molar-refractivity contribution in [3.8, 4) is 0 Å². The van der Waals surface area contributed by atoms with Gasteiger partial charge in [-0.15, -0.1) is 0 Å². The van der Waals surface area contributed by atoms with E-state index in [1.54, 1.807) is 0 Å². The van der Waals surface area contributed by atoms with Gasteiger partial charge >= 0.3 is 11.9 Å². The lowest BCUT2D eigenvalue weighted by molar-refractivity contribution is -0.155. The van der Waals surface area contributed by atoms with Gasteiger partial charge in [0.2, 0.25) is 0 Å². The molecule has 3 aliphatic carbocycles. The van der Waals surface area contributed by atoms with Crippen molar-refractivity contribution in [2.75, 3.05) is 0 Å². The summed E-state index contributed by atoms with van der Waals surface area (Å²) in [5.74, 6) is 0.836. The van der Waals surface area contributed by atoms with Gasteiger partial charge in [0, 0.05) is 25.7 Å². The van der Waals surface area contributed by atoms with Crippen molar-refractivity contribution in [3.63, 3.8) is 0 Å². The van der Waals surface area contributed by atoms with E-state index in [-0.39, 0.29) is 36.0 Å². The highest BCUT2D eigenvalue weighted by Gasteiger charge is 2.53. The van der Waals surface area contributed by atoms with E-state index in [9.17, 15) is 9.59 Å². The van der Waals surface area contributed by atoms with Crippen LogP contribution in [-0.2, 0) is 19.1 Å². The molecular formula is C15H18O4. The molecule has 1 fully saturated rings. The molecule has 6 unspecified atom stereocenters. The molecule has 0 aromatic heterocycles. The lowest BCUT2D eigenvalue weighted by atomic mass is 9.73. The number of allylic oxidation sites excluding steroid dienone is 2. The van der Waals surface area contributed by atoms with Crippen molar-refractivity contribution in [1.82, 2.24) is 0 Å². The molecule has 0 aromatic rings. The minimum Gasteiger partial charge on any atom is -0.458 e. The maximum Gasteiger partial charge on any atom is 0.303 e. The van der Waals surface area contributed by atoms with Gasteiger partial charge < -0.3 is 9.47 Å². The summed E-state index contributed by atoms with van der Waals surface area (Å²) in [6, 6.07) is 0. The number of ether oxygens (including phenoxy) is 2. The molecule has 4 heteroatoms. The van der Waals surface area contributed by atoms with Gasteiger partial charge in [-0.3, -0.25) is 9.59 Å². The molecule has 0 heterocycles. The van der Waals surface area contributed by atoms with E-state index in [4.69, 9.17) is 9.47 Å². The van der Waals surface area contributed by atoms with Crippen LogP contribution < -0.4 is 0 Å². The zero-order chi connectivity index (χ0) is 13.6. The highest BCUT2D eigenvalue weighted by atomic mass is 16.6. The van der Waals surface area contributed by atoms with E-state index in [1.165, 1.54) is 13.8 Å². The van der Waals surface area contributed by atoms with Crippen molar-refractivity contribution in [1.29, 1.82) is 0 Å². The van der Waals surface area contributed by atoms with Gasteiger partial charge in [0.15, 0.2) is 0 Å². The first kappa shape index (κ1) is 12.5. The molecule has 102 valence electrons. The fourth-order valence-electron chi connectivity index (χ4n) is 3.92. The third-order valence-electron chi connectivity index (χ3n) is 4.44. The van der Waals surface area contributed by atoms with Crippen molar-refractivity contribution >= 4 is 11.9 Å². The molecule has 4 nitrogen and oxygen atoms in total. The highest BCUT2D eigenvalue weighted by Crippen LogP contribution is 2.53. The summed E-state index contributed by atoms with van der Waals surface area (Å²) in [7, 11) is 0. The lowest BCUT2D eigenvalue weighted by Crippen LogP contribution is -2.43. The second-order valence-electron chi connectivity index (χ2n) is 5.64. The molecule has 0 N–H and O–H groups in total. The molecule has 19 heavy (non-hydrogen) atoms. The number of hydrogen-bond donors (Lipinski definition) is 0. The summed E-state index contributed by atoms with van der Waals surface area (Å²) in [6.07, 6.45) is 8.89. The van der Waals surface area contributed by atoms with Gasteiger partial charge in [-0.1, -0.05) is 12.2 Å². The van der Waals surface area contributed by atoms with Crippen LogP contribution in [0.4, 0.5) is 0 Å². The molecule has 1 saturated carbocycles. The van der Waals surface area contributed by atoms with Gasteiger partial charge in [0.1, 0.15) is 12.2 Å². The molecule has 0 aromatic carbocycles. The number of carbonyl (C=O) groups excluding carboxylic acids is 2. The molecule has 0 radical (unpaired) electrons. The molecule has 0 aliphatic heterocycles. The van der Waals surface area contributed by atoms with Crippen LogP contribution >= 0.6 is 0 Å². The van der Waals surface area contributed by atoms with E-state index in [0.29, 0.717) is 11.8 Å². The summed E-state index contributed by atoms with van der Waals surface area (Å²) in [4.78, 5) is 22.4. The Balaban J connectivity index is 1.87. The largest absolute Gasteiger partial charge is 0.458 e. The Morgan fingerprint density at radius 2 is 1.26 bits per heavy atom. The topological polar surface area (TPSA) is 52.6 Å². The summed E-state index contributed by atoms with van der Waals surface area (Å²) in [5, 5.41) is 0. The van der Waals surface area contributed by atoms with Crippen molar-refractivity contribution in [2.24, 2.45) is 23.7 Å². The van der Waals surface area contributed by atoms with Gasteiger partial charge in [-0.25, -0.2) is 0 Å². The Bertz CT molecular complexity index is 425. The molecule has 3 aliphatic rings. The quantitative estimate of drug-likeness (QED) is 0.563. The number of rotatable bonds is 2. The van der Waals surface area contributed by atoms with Crippen LogP contribution in [0.25, 0.3) is 0 Å². The average molecular weight is 262 g/mol. The Morgan fingerprint density at radius 3 is 1.63 bits per heavy atom. The predicted molar refractivity (Wildman–Crippen MR) is 68.0 cm³/mol. The molecule has 6 atom stereocenters. The second kappa shape index (κ2) is 4.51. The normalized spacial score (nSPS) is 42.0. The Hall–Kier alpha value is -1.58. The molecule has 2 bridgehead atoms. The van der Waals surface area contributed by atoms with Gasteiger partial charge in [0.25, 0.3) is 0 Å². The van der Waals surface area contributed by atoms with E-state index in [0.717, 1.165) is 6.42 Å². The van der Waals surface area contributed by atoms with Crippen LogP contribution in [0, 0.1) is 23.7 Å². The minimum atomic E-state index is -0.258. The Kier molecular flexibility index (Phi) is 2.96. The zero-order valence-electron chi connectivity index (χ0n) is 11.1. The summed E-state index contributed by atoms with van der Waals surface area (Å²) in [5.41, 5.74) is 0. The first-order valence-corrected chi connectivity index (χ1v) is 6.77. The van der Waals surface area contributed by atoms with Crippen LogP contribution in [0.5, 0.6) is 0 Å². The second-order valence-corrected chi connectivity index (χ2v) is 5.64. The monoisotopic (exact) mass is 262 g/mol. The lowest BCUT2D eigenvalue weighted by Gasteiger charge is -2.39. The first-order valence-electron chi connectivity index (χ1n) is 6.77. The maximum atomic E-state index is 11.2. The standard InChI is InChI=1S/C15H18O4/c1-8(16)18-12-5-6-13(19-9(2)17)15-11-4-3-10(7-11)14(12)15/h3-6,10-15H,7H2,1-2H3. The molecule has 3 rings (SSSR count). The van der Waals surface area contributed by atoms with Crippen LogP contribution in [0.3, 0.4) is 0 Å². The van der Waals surface area contributed by atoms with E-state index in [2.05, 4.69) is 12.2 Å². The fourth-order valence-corrected chi connectivity index (χ4v) is 3.92. The fraction of sp³-hybridized carbons (Fsp3) is 0.600. The van der Waals surface area contributed by atoms with Gasteiger partial charge in [0.05, 0.1) is 0 Å². The Morgan fingerprint density at radius 1 is 0.842 bits per heavy atom. The van der Waals surface area contributed by atoms with Crippen molar-refractivity contribution < 1.29 is 19.1 Å². The summed E-state index contributed by atoms with van der Waals surface area (Å²) in [6.45, 7) is 2.87. The Labute approximate surface area is 112 Å². The number of fused-ring (bicyclic) bond motifs is 5. The predicted octanol–water partition coefficient (Wildman–Crippen LogP) is 1.86. The smallest absolute Gasteiger partial charge is 0.303 e. The highest BCUT2D eigenvalue weighted by molar-refractivity contribution is 5.67. The van der Waals surface area contributed by atoms with Crippen molar-refractivity contribution in [3.05, 3.63) is 24.3 Å².